The number of aromatic nitrogens is 4. The van der Waals surface area contributed by atoms with Gasteiger partial charge in [0.1, 0.15) is 0 Å². The molecule has 0 fully saturated rings. The molecule has 0 aliphatic carbocycles. The van der Waals surface area contributed by atoms with E-state index in [0.717, 1.165) is 24.7 Å². The molecule has 1 atom stereocenters. The Kier molecular flexibility index (Phi) is 3.46. The summed E-state index contributed by atoms with van der Waals surface area (Å²) in [6.07, 6.45) is 7.65. The van der Waals surface area contributed by atoms with Crippen molar-refractivity contribution >= 4 is 5.95 Å². The molecule has 0 radical (unpaired) electrons. The minimum Gasteiger partial charge on any atom is -0.351 e. The molecule has 2 aromatic rings. The summed E-state index contributed by atoms with van der Waals surface area (Å²) in [5.74, 6) is 0.942. The van der Waals surface area contributed by atoms with Gasteiger partial charge in [0, 0.05) is 37.7 Å². The van der Waals surface area contributed by atoms with Crippen molar-refractivity contribution in [2.45, 2.75) is 39.9 Å². The van der Waals surface area contributed by atoms with Gasteiger partial charge >= 0.3 is 0 Å². The van der Waals surface area contributed by atoms with Gasteiger partial charge in [0.05, 0.1) is 12.0 Å². The van der Waals surface area contributed by atoms with Crippen LogP contribution in [0.15, 0.2) is 24.9 Å². The van der Waals surface area contributed by atoms with Gasteiger partial charge in [-0.3, -0.25) is 0 Å². The fourth-order valence-corrected chi connectivity index (χ4v) is 1.88. The van der Waals surface area contributed by atoms with Crippen LogP contribution in [0.4, 0.5) is 5.95 Å². The van der Waals surface area contributed by atoms with Gasteiger partial charge in [0.15, 0.2) is 0 Å². The van der Waals surface area contributed by atoms with E-state index >= 15 is 0 Å². The summed E-state index contributed by atoms with van der Waals surface area (Å²) in [6, 6.07) is 0.316. The molecule has 5 nitrogen and oxygen atoms in total. The van der Waals surface area contributed by atoms with E-state index in [4.69, 9.17) is 0 Å². The second kappa shape index (κ2) is 5.03. The van der Waals surface area contributed by atoms with Crippen molar-refractivity contribution in [1.29, 1.82) is 0 Å². The Morgan fingerprint density at radius 1 is 1.47 bits per heavy atom. The summed E-state index contributed by atoms with van der Waals surface area (Å²) < 4.78 is 4.18. The highest BCUT2D eigenvalue weighted by atomic mass is 15.2. The van der Waals surface area contributed by atoms with Gasteiger partial charge in [0.25, 0.3) is 0 Å². The molecule has 2 heterocycles. The third kappa shape index (κ3) is 2.87. The SMILES string of the molecule is CCn1cc(C)nc1NC(C)Cn1ccnc1. The normalized spacial score (nSPS) is 12.6. The van der Waals surface area contributed by atoms with Crippen LogP contribution in [0.3, 0.4) is 0 Å². The number of nitrogens with one attached hydrogen (secondary N) is 1. The zero-order chi connectivity index (χ0) is 12.3. The van der Waals surface area contributed by atoms with Crippen molar-refractivity contribution in [3.63, 3.8) is 0 Å². The van der Waals surface area contributed by atoms with E-state index in [2.05, 4.69) is 44.5 Å². The van der Waals surface area contributed by atoms with Gasteiger partial charge in [0.2, 0.25) is 5.95 Å². The second-order valence-electron chi connectivity index (χ2n) is 4.30. The van der Waals surface area contributed by atoms with E-state index in [1.165, 1.54) is 0 Å². The number of hydrogen-bond donors (Lipinski definition) is 1. The van der Waals surface area contributed by atoms with Crippen molar-refractivity contribution in [2.75, 3.05) is 5.32 Å². The predicted octanol–water partition coefficient (Wildman–Crippen LogP) is 1.91. The molecule has 0 saturated carbocycles. The standard InChI is InChI=1S/C12H19N5/c1-4-17-8-11(3)15-12(17)14-10(2)7-16-6-5-13-9-16/h5-6,8-10H,4,7H2,1-3H3,(H,14,15). The lowest BCUT2D eigenvalue weighted by molar-refractivity contribution is 0.608. The Balaban J connectivity index is 2.00. The van der Waals surface area contributed by atoms with E-state index in [-0.39, 0.29) is 0 Å². The van der Waals surface area contributed by atoms with Crippen molar-refractivity contribution < 1.29 is 0 Å². The van der Waals surface area contributed by atoms with Crippen LogP contribution < -0.4 is 5.32 Å². The largest absolute Gasteiger partial charge is 0.351 e. The van der Waals surface area contributed by atoms with E-state index in [0.29, 0.717) is 6.04 Å². The maximum absolute atomic E-state index is 4.48. The number of hydrogen-bond acceptors (Lipinski definition) is 3. The van der Waals surface area contributed by atoms with Gasteiger partial charge in [-0.05, 0) is 20.8 Å². The summed E-state index contributed by atoms with van der Waals surface area (Å²) in [6.45, 7) is 8.09. The fraction of sp³-hybridized carbons (Fsp3) is 0.500. The molecular weight excluding hydrogens is 214 g/mol. The third-order valence-corrected chi connectivity index (χ3v) is 2.66. The summed E-state index contributed by atoms with van der Waals surface area (Å²) in [4.78, 5) is 8.51. The van der Waals surface area contributed by atoms with Crippen LogP contribution in [-0.2, 0) is 13.1 Å². The van der Waals surface area contributed by atoms with Crippen LogP contribution in [0.1, 0.15) is 19.5 Å². The molecule has 0 aliphatic heterocycles. The zero-order valence-corrected chi connectivity index (χ0v) is 10.6. The molecule has 0 aromatic carbocycles. The van der Waals surface area contributed by atoms with Crippen LogP contribution in [0.25, 0.3) is 0 Å². The van der Waals surface area contributed by atoms with Crippen LogP contribution in [0, 0.1) is 6.92 Å². The van der Waals surface area contributed by atoms with Gasteiger partial charge in [-0.2, -0.15) is 0 Å². The van der Waals surface area contributed by atoms with Crippen LogP contribution in [0.5, 0.6) is 0 Å². The molecule has 2 rings (SSSR count). The first-order valence-corrected chi connectivity index (χ1v) is 5.95. The highest BCUT2D eigenvalue weighted by Crippen LogP contribution is 2.10. The molecule has 1 unspecified atom stereocenters. The summed E-state index contributed by atoms with van der Waals surface area (Å²) in [5, 5.41) is 3.42. The Morgan fingerprint density at radius 2 is 2.29 bits per heavy atom. The fourth-order valence-electron chi connectivity index (χ4n) is 1.88. The average Bonchev–Trinajstić information content (AvgIpc) is 2.88. The van der Waals surface area contributed by atoms with Crippen molar-refractivity contribution in [3.8, 4) is 0 Å². The lowest BCUT2D eigenvalue weighted by Gasteiger charge is -2.15. The van der Waals surface area contributed by atoms with E-state index in [1.54, 1.807) is 6.20 Å². The molecule has 0 aliphatic rings. The number of aryl methyl sites for hydroxylation is 2. The minimum atomic E-state index is 0.316. The van der Waals surface area contributed by atoms with Gasteiger partial charge in [-0.15, -0.1) is 0 Å². The Labute approximate surface area is 102 Å². The first kappa shape index (κ1) is 11.7. The van der Waals surface area contributed by atoms with Crippen LogP contribution in [-0.4, -0.2) is 25.1 Å². The molecule has 0 spiro atoms. The average molecular weight is 233 g/mol. The van der Waals surface area contributed by atoms with E-state index in [9.17, 15) is 0 Å². The van der Waals surface area contributed by atoms with E-state index < -0.39 is 0 Å². The lowest BCUT2D eigenvalue weighted by atomic mass is 10.3. The summed E-state index contributed by atoms with van der Waals surface area (Å²) in [7, 11) is 0. The quantitative estimate of drug-likeness (QED) is 0.858. The van der Waals surface area contributed by atoms with Gasteiger partial charge in [-0.25, -0.2) is 9.97 Å². The maximum atomic E-state index is 4.48. The maximum Gasteiger partial charge on any atom is 0.203 e. The van der Waals surface area contributed by atoms with Gasteiger partial charge in [-0.1, -0.05) is 0 Å². The van der Waals surface area contributed by atoms with Crippen LogP contribution >= 0.6 is 0 Å². The molecule has 2 aromatic heterocycles. The van der Waals surface area contributed by atoms with Crippen molar-refractivity contribution in [1.82, 2.24) is 19.1 Å². The second-order valence-corrected chi connectivity index (χ2v) is 4.30. The number of rotatable bonds is 5. The molecule has 1 N–H and O–H groups in total. The zero-order valence-electron chi connectivity index (χ0n) is 10.6. The Hall–Kier alpha value is -1.78. The van der Waals surface area contributed by atoms with E-state index in [1.807, 2.05) is 19.4 Å². The van der Waals surface area contributed by atoms with Gasteiger partial charge < -0.3 is 14.5 Å². The Bertz CT molecular complexity index is 457. The highest BCUT2D eigenvalue weighted by molar-refractivity contribution is 5.29. The minimum absolute atomic E-state index is 0.316. The lowest BCUT2D eigenvalue weighted by Crippen LogP contribution is -2.23. The molecule has 17 heavy (non-hydrogen) atoms. The van der Waals surface area contributed by atoms with Crippen molar-refractivity contribution in [3.05, 3.63) is 30.6 Å². The topological polar surface area (TPSA) is 47.7 Å². The number of nitrogens with zero attached hydrogens (tertiary/aromatic N) is 4. The number of imidazole rings is 2. The number of anilines is 1. The Morgan fingerprint density at radius 3 is 2.94 bits per heavy atom. The third-order valence-electron chi connectivity index (χ3n) is 2.66. The molecule has 5 heteroatoms. The molecular formula is C12H19N5. The summed E-state index contributed by atoms with van der Waals surface area (Å²) in [5.41, 5.74) is 1.05. The monoisotopic (exact) mass is 233 g/mol. The smallest absolute Gasteiger partial charge is 0.203 e. The molecule has 0 bridgehead atoms. The molecule has 92 valence electrons. The predicted molar refractivity (Wildman–Crippen MR) is 67.9 cm³/mol. The molecule has 0 saturated heterocycles. The first-order valence-electron chi connectivity index (χ1n) is 5.95. The van der Waals surface area contributed by atoms with Crippen molar-refractivity contribution in [2.24, 2.45) is 0 Å². The van der Waals surface area contributed by atoms with Crippen LogP contribution in [0.2, 0.25) is 0 Å². The summed E-state index contributed by atoms with van der Waals surface area (Å²) >= 11 is 0. The highest BCUT2D eigenvalue weighted by Gasteiger charge is 2.08. The first-order chi connectivity index (χ1) is 8.19. The molecule has 0 amide bonds.